The average molecular weight is 242 g/mol. The van der Waals surface area contributed by atoms with Gasteiger partial charge < -0.3 is 4.84 Å². The first kappa shape index (κ1) is 14.7. The second-order valence-corrected chi connectivity index (χ2v) is 3.25. The van der Waals surface area contributed by atoms with Crippen LogP contribution in [0.25, 0.3) is 0 Å². The summed E-state index contributed by atoms with van der Waals surface area (Å²) >= 11 is 5.53. The minimum atomic E-state index is -0.535. The van der Waals surface area contributed by atoms with Gasteiger partial charge in [-0.05, 0) is 12.0 Å². The lowest BCUT2D eigenvalue weighted by molar-refractivity contribution is -0.139. The molecule has 0 unspecified atom stereocenters. The first-order valence-corrected chi connectivity index (χ1v) is 5.37. The maximum absolute atomic E-state index is 10.3. The molecule has 1 rings (SSSR count). The highest BCUT2D eigenvalue weighted by Crippen LogP contribution is 2.00. The molecule has 88 valence electrons. The maximum Gasteiger partial charge on any atom is 0.351 e. The summed E-state index contributed by atoms with van der Waals surface area (Å²) in [6, 6.07) is 9.96. The lowest BCUT2D eigenvalue weighted by Crippen LogP contribution is -2.10. The number of benzene rings is 1. The van der Waals surface area contributed by atoms with Gasteiger partial charge in [-0.25, -0.2) is 4.79 Å². The van der Waals surface area contributed by atoms with Crippen LogP contribution in [0.2, 0.25) is 0 Å². The van der Waals surface area contributed by atoms with E-state index in [4.69, 9.17) is 11.6 Å². The summed E-state index contributed by atoms with van der Waals surface area (Å²) in [4.78, 5) is 14.2. The summed E-state index contributed by atoms with van der Waals surface area (Å²) in [7, 11) is 0. The fourth-order valence-corrected chi connectivity index (χ4v) is 0.973. The smallest absolute Gasteiger partial charge is 0.351 e. The van der Waals surface area contributed by atoms with Crippen molar-refractivity contribution in [2.75, 3.05) is 0 Å². The fraction of sp³-hybridized carbons (Fsp3) is 0.250. The van der Waals surface area contributed by atoms with Gasteiger partial charge in [0.25, 0.3) is 0 Å². The lowest BCUT2D eigenvalue weighted by atomic mass is 10.2. The number of hydrogen-bond acceptors (Lipinski definition) is 3. The van der Waals surface area contributed by atoms with E-state index in [2.05, 4.69) is 17.3 Å². The minimum Gasteiger partial charge on any atom is -0.370 e. The van der Waals surface area contributed by atoms with Crippen LogP contribution in [0.4, 0.5) is 0 Å². The number of rotatable bonds is 3. The van der Waals surface area contributed by atoms with Gasteiger partial charge in [0.05, 0.1) is 0 Å². The molecule has 0 saturated carbocycles. The van der Waals surface area contributed by atoms with Gasteiger partial charge in [-0.3, -0.25) is 0 Å². The van der Waals surface area contributed by atoms with Crippen molar-refractivity contribution in [2.24, 2.45) is 5.90 Å². The van der Waals surface area contributed by atoms with Gasteiger partial charge in [-0.1, -0.05) is 43.8 Å². The van der Waals surface area contributed by atoms with Crippen LogP contribution >= 0.6 is 11.6 Å². The molecule has 16 heavy (non-hydrogen) atoms. The van der Waals surface area contributed by atoms with Gasteiger partial charge in [0.2, 0.25) is 0 Å². The Labute approximate surface area is 101 Å². The van der Waals surface area contributed by atoms with E-state index in [1.807, 2.05) is 30.3 Å². The van der Waals surface area contributed by atoms with Crippen molar-refractivity contribution in [1.29, 1.82) is 0 Å². The molecule has 0 aliphatic heterocycles. The number of hydrogen-bond donors (Lipinski definition) is 1. The molecule has 0 aromatic heterocycles. The predicted octanol–water partition coefficient (Wildman–Crippen LogP) is 2.79. The summed E-state index contributed by atoms with van der Waals surface area (Å²) in [6.07, 6.45) is 0.579. The van der Waals surface area contributed by atoms with Crippen LogP contribution in [0.1, 0.15) is 18.9 Å². The Morgan fingerprint density at radius 2 is 2.00 bits per heavy atom. The van der Waals surface area contributed by atoms with Gasteiger partial charge in [0, 0.05) is 11.5 Å². The molecule has 0 atom stereocenters. The molecule has 3 nitrogen and oxygen atoms in total. The number of carbonyl (C=O) groups excluding carboxylic acids is 1. The topological polar surface area (TPSA) is 52.3 Å². The predicted molar refractivity (Wildman–Crippen MR) is 65.7 cm³/mol. The van der Waals surface area contributed by atoms with Crippen LogP contribution < -0.4 is 5.90 Å². The van der Waals surface area contributed by atoms with Gasteiger partial charge >= 0.3 is 5.97 Å². The van der Waals surface area contributed by atoms with E-state index in [0.29, 0.717) is 17.9 Å². The highest BCUT2D eigenvalue weighted by Gasteiger charge is 2.01. The van der Waals surface area contributed by atoms with E-state index in [1.54, 1.807) is 6.92 Å². The highest BCUT2D eigenvalue weighted by atomic mass is 35.5. The summed E-state index contributed by atoms with van der Waals surface area (Å²) in [5, 5.41) is 0. The molecule has 1 aromatic rings. The Balaban J connectivity index is 0.000000281. The zero-order valence-corrected chi connectivity index (χ0v) is 10.0. The zero-order valence-electron chi connectivity index (χ0n) is 9.28. The summed E-state index contributed by atoms with van der Waals surface area (Å²) in [6.45, 7) is 5.19. The highest BCUT2D eigenvalue weighted by molar-refractivity contribution is 6.17. The van der Waals surface area contributed by atoms with E-state index in [-0.39, 0.29) is 0 Å². The number of carbonyl (C=O) groups is 1. The van der Waals surface area contributed by atoms with Crippen molar-refractivity contribution in [3.05, 3.63) is 48.0 Å². The molecule has 1 aromatic carbocycles. The summed E-state index contributed by atoms with van der Waals surface area (Å²) in [5.41, 5.74) is 1.57. The second kappa shape index (κ2) is 8.95. The van der Waals surface area contributed by atoms with E-state index in [0.717, 1.165) is 0 Å². The molecule has 0 aliphatic carbocycles. The van der Waals surface area contributed by atoms with Crippen molar-refractivity contribution < 1.29 is 9.63 Å². The second-order valence-electron chi connectivity index (χ2n) is 2.98. The van der Waals surface area contributed by atoms with Gasteiger partial charge in [0.1, 0.15) is 0 Å². The Hall–Kier alpha value is -1.32. The molecule has 0 radical (unpaired) electrons. The Kier molecular flexibility index (Phi) is 8.21. The minimum absolute atomic E-state index is 0.396. The van der Waals surface area contributed by atoms with Crippen LogP contribution in [0.3, 0.4) is 0 Å². The third kappa shape index (κ3) is 6.22. The third-order valence-electron chi connectivity index (χ3n) is 1.82. The van der Waals surface area contributed by atoms with Crippen LogP contribution in [-0.2, 0) is 15.5 Å². The SMILES string of the molecule is C=C(CC)C(=O)ON.ClCc1ccccc1. The van der Waals surface area contributed by atoms with Gasteiger partial charge in [-0.15, -0.1) is 11.6 Å². The van der Waals surface area contributed by atoms with E-state index in [9.17, 15) is 4.79 Å². The van der Waals surface area contributed by atoms with Crippen LogP contribution in [-0.4, -0.2) is 5.97 Å². The third-order valence-corrected chi connectivity index (χ3v) is 2.13. The van der Waals surface area contributed by atoms with Crippen molar-refractivity contribution >= 4 is 17.6 Å². The average Bonchev–Trinajstić information content (AvgIpc) is 2.38. The molecule has 0 heterocycles. The van der Waals surface area contributed by atoms with Crippen molar-refractivity contribution in [2.45, 2.75) is 19.2 Å². The molecule has 0 aliphatic rings. The van der Waals surface area contributed by atoms with Crippen LogP contribution in [0.5, 0.6) is 0 Å². The quantitative estimate of drug-likeness (QED) is 0.503. The van der Waals surface area contributed by atoms with Crippen molar-refractivity contribution in [1.82, 2.24) is 0 Å². The van der Waals surface area contributed by atoms with Gasteiger partial charge in [-0.2, -0.15) is 5.90 Å². The van der Waals surface area contributed by atoms with Crippen molar-refractivity contribution in [3.63, 3.8) is 0 Å². The molecule has 0 bridgehead atoms. The monoisotopic (exact) mass is 241 g/mol. The van der Waals surface area contributed by atoms with E-state index < -0.39 is 5.97 Å². The lowest BCUT2D eigenvalue weighted by Gasteiger charge is -1.94. The molecule has 0 fully saturated rings. The molecule has 4 heteroatoms. The summed E-state index contributed by atoms with van der Waals surface area (Å²) in [5.74, 6) is 4.62. The van der Waals surface area contributed by atoms with Gasteiger partial charge in [0.15, 0.2) is 0 Å². The number of alkyl halides is 1. The molecule has 2 N–H and O–H groups in total. The summed E-state index contributed by atoms with van der Waals surface area (Å²) < 4.78 is 0. The standard InChI is InChI=1S/C7H7Cl.C5H9NO2/c8-6-7-4-2-1-3-5-7;1-3-4(2)5(7)8-6/h1-5H,6H2;2-3,6H2,1H3. The molecule has 0 amide bonds. The molecule has 0 spiro atoms. The zero-order chi connectivity index (χ0) is 12.4. The Morgan fingerprint density at radius 1 is 1.44 bits per heavy atom. The van der Waals surface area contributed by atoms with Crippen molar-refractivity contribution in [3.8, 4) is 0 Å². The maximum atomic E-state index is 10.3. The first-order valence-electron chi connectivity index (χ1n) is 4.84. The first-order chi connectivity index (χ1) is 7.65. The van der Waals surface area contributed by atoms with E-state index in [1.165, 1.54) is 5.56 Å². The Morgan fingerprint density at radius 3 is 2.25 bits per heavy atom. The number of halogens is 1. The number of nitrogens with two attached hydrogens (primary N) is 1. The molecular formula is C12H16ClNO2. The Bertz CT molecular complexity index is 311. The molecule has 0 saturated heterocycles. The van der Waals surface area contributed by atoms with E-state index >= 15 is 0 Å². The van der Waals surface area contributed by atoms with Crippen LogP contribution in [0, 0.1) is 0 Å². The normalized spacial score (nSPS) is 8.69. The molecular weight excluding hydrogens is 226 g/mol. The fourth-order valence-electron chi connectivity index (χ4n) is 0.795. The van der Waals surface area contributed by atoms with Crippen LogP contribution in [0.15, 0.2) is 42.5 Å². The largest absolute Gasteiger partial charge is 0.370 e.